The lowest BCUT2D eigenvalue weighted by Crippen LogP contribution is -2.42. The van der Waals surface area contributed by atoms with Crippen molar-refractivity contribution in [3.05, 3.63) is 52.8 Å². The van der Waals surface area contributed by atoms with Crippen molar-refractivity contribution in [3.63, 3.8) is 0 Å². The van der Waals surface area contributed by atoms with E-state index in [1.807, 2.05) is 0 Å². The molecule has 1 amide bonds. The Morgan fingerprint density at radius 3 is 2.33 bits per heavy atom. The molecule has 1 saturated heterocycles. The molecule has 2 unspecified atom stereocenters. The van der Waals surface area contributed by atoms with Crippen LogP contribution in [0.4, 0.5) is 0 Å². The van der Waals surface area contributed by atoms with Gasteiger partial charge in [-0.2, -0.15) is 9.30 Å². The standard InChI is InChI=1S/C25H29N3O6S2/c1-16-11-17(2)14-27(13-16)36(31,32)20-8-5-18(6-9-20)24(30)26-25-28(15-23(29)34-4)21-10-7-19(33-3)12-22(21)35-25/h5-10,12,16-17H,11,13-15H2,1-4H3. The van der Waals surface area contributed by atoms with Gasteiger partial charge in [-0.3, -0.25) is 9.59 Å². The Hall–Kier alpha value is -3.02. The number of hydrogen-bond acceptors (Lipinski definition) is 7. The van der Waals surface area contributed by atoms with Gasteiger partial charge < -0.3 is 14.0 Å². The molecule has 3 aromatic rings. The normalized spacial score (nSPS) is 19.4. The fourth-order valence-electron chi connectivity index (χ4n) is 4.48. The molecule has 1 fully saturated rings. The molecule has 2 heterocycles. The van der Waals surface area contributed by atoms with Crippen LogP contribution < -0.4 is 9.54 Å². The quantitative estimate of drug-likeness (QED) is 0.452. The zero-order chi connectivity index (χ0) is 26.0. The highest BCUT2D eigenvalue weighted by Gasteiger charge is 2.31. The number of rotatable bonds is 6. The summed E-state index contributed by atoms with van der Waals surface area (Å²) in [5.74, 6) is 0.204. The highest BCUT2D eigenvalue weighted by Crippen LogP contribution is 2.27. The van der Waals surface area contributed by atoms with Gasteiger partial charge in [0.15, 0.2) is 4.80 Å². The third-order valence-corrected chi connectivity index (χ3v) is 9.06. The van der Waals surface area contributed by atoms with Gasteiger partial charge in [0.25, 0.3) is 5.91 Å². The molecule has 0 saturated carbocycles. The van der Waals surface area contributed by atoms with Gasteiger partial charge >= 0.3 is 5.97 Å². The first-order chi connectivity index (χ1) is 17.1. The number of thiazole rings is 1. The first kappa shape index (κ1) is 26.1. The molecule has 9 nitrogen and oxygen atoms in total. The summed E-state index contributed by atoms with van der Waals surface area (Å²) in [6, 6.07) is 11.2. The number of aromatic nitrogens is 1. The maximum absolute atomic E-state index is 13.1. The van der Waals surface area contributed by atoms with Crippen LogP contribution in [0.25, 0.3) is 10.2 Å². The highest BCUT2D eigenvalue weighted by molar-refractivity contribution is 7.89. The Kier molecular flexibility index (Phi) is 7.62. The average molecular weight is 532 g/mol. The van der Waals surface area contributed by atoms with Crippen LogP contribution >= 0.6 is 11.3 Å². The van der Waals surface area contributed by atoms with Gasteiger partial charge in [0, 0.05) is 18.7 Å². The van der Waals surface area contributed by atoms with Gasteiger partial charge in [-0.1, -0.05) is 25.2 Å². The van der Waals surface area contributed by atoms with E-state index in [0.717, 1.165) is 11.1 Å². The summed E-state index contributed by atoms with van der Waals surface area (Å²) in [4.78, 5) is 29.7. The maximum atomic E-state index is 13.1. The van der Waals surface area contributed by atoms with Gasteiger partial charge in [0.05, 0.1) is 29.3 Å². The van der Waals surface area contributed by atoms with Gasteiger partial charge in [0.1, 0.15) is 12.3 Å². The summed E-state index contributed by atoms with van der Waals surface area (Å²) in [7, 11) is -0.797. The van der Waals surface area contributed by atoms with E-state index in [1.54, 1.807) is 29.9 Å². The number of carbonyl (C=O) groups is 2. The molecule has 0 aliphatic carbocycles. The maximum Gasteiger partial charge on any atom is 0.325 e. The van der Waals surface area contributed by atoms with Crippen molar-refractivity contribution in [1.29, 1.82) is 0 Å². The van der Waals surface area contributed by atoms with Crippen LogP contribution in [0.1, 0.15) is 30.6 Å². The number of methoxy groups -OCH3 is 2. The molecule has 0 bridgehead atoms. The van der Waals surface area contributed by atoms with E-state index >= 15 is 0 Å². The fraction of sp³-hybridized carbons (Fsp3) is 0.400. The van der Waals surface area contributed by atoms with Crippen molar-refractivity contribution in [2.24, 2.45) is 16.8 Å². The van der Waals surface area contributed by atoms with E-state index in [2.05, 4.69) is 18.8 Å². The molecule has 36 heavy (non-hydrogen) atoms. The second kappa shape index (κ2) is 10.5. The van der Waals surface area contributed by atoms with Crippen LogP contribution in [-0.4, -0.2) is 56.5 Å². The molecule has 11 heteroatoms. The molecule has 0 spiro atoms. The monoisotopic (exact) mass is 531 g/mol. The number of nitrogens with zero attached hydrogens (tertiary/aromatic N) is 3. The lowest BCUT2D eigenvalue weighted by atomic mass is 9.94. The van der Waals surface area contributed by atoms with Crippen molar-refractivity contribution in [2.45, 2.75) is 31.7 Å². The Morgan fingerprint density at radius 1 is 1.06 bits per heavy atom. The second-order valence-electron chi connectivity index (χ2n) is 9.09. The minimum Gasteiger partial charge on any atom is -0.497 e. The number of fused-ring (bicyclic) bond motifs is 1. The molecule has 1 aromatic heterocycles. The Bertz CT molecular complexity index is 1450. The van der Waals surface area contributed by atoms with Crippen LogP contribution in [0.3, 0.4) is 0 Å². The molecule has 0 N–H and O–H groups in total. The topological polar surface area (TPSA) is 107 Å². The predicted molar refractivity (Wildman–Crippen MR) is 136 cm³/mol. The first-order valence-corrected chi connectivity index (χ1v) is 13.8. The smallest absolute Gasteiger partial charge is 0.325 e. The van der Waals surface area contributed by atoms with Gasteiger partial charge in [-0.15, -0.1) is 0 Å². The average Bonchev–Trinajstić information content (AvgIpc) is 3.18. The molecule has 2 atom stereocenters. The van der Waals surface area contributed by atoms with Crippen LogP contribution in [0.15, 0.2) is 52.4 Å². The summed E-state index contributed by atoms with van der Waals surface area (Å²) in [6.07, 6.45) is 1.00. The SMILES string of the molecule is COC(=O)Cn1c(=NC(=O)c2ccc(S(=O)(=O)N3CC(C)CC(C)C3)cc2)sc2cc(OC)ccc21. The Balaban J connectivity index is 1.66. The van der Waals surface area contributed by atoms with E-state index in [1.165, 1.54) is 47.0 Å². The van der Waals surface area contributed by atoms with Gasteiger partial charge in [0.2, 0.25) is 10.0 Å². The molecular weight excluding hydrogens is 502 g/mol. The lowest BCUT2D eigenvalue weighted by molar-refractivity contribution is -0.141. The molecular formula is C25H29N3O6S2. The number of sulfonamides is 1. The molecule has 4 rings (SSSR count). The summed E-state index contributed by atoms with van der Waals surface area (Å²) < 4.78 is 40.3. The molecule has 192 valence electrons. The third kappa shape index (κ3) is 5.37. The van der Waals surface area contributed by atoms with Crippen molar-refractivity contribution >= 4 is 43.5 Å². The van der Waals surface area contributed by atoms with Crippen LogP contribution in [0.5, 0.6) is 5.75 Å². The van der Waals surface area contributed by atoms with E-state index in [-0.39, 0.29) is 17.0 Å². The summed E-state index contributed by atoms with van der Waals surface area (Å²) in [5.41, 5.74) is 0.957. The number of ether oxygens (including phenoxy) is 2. The zero-order valence-electron chi connectivity index (χ0n) is 20.6. The summed E-state index contributed by atoms with van der Waals surface area (Å²) in [5, 5.41) is 0. The van der Waals surface area contributed by atoms with Crippen molar-refractivity contribution < 1.29 is 27.5 Å². The minimum absolute atomic E-state index is 0.112. The number of amides is 1. The number of hydrogen-bond donors (Lipinski definition) is 0. The summed E-state index contributed by atoms with van der Waals surface area (Å²) >= 11 is 1.24. The molecule has 1 aliphatic rings. The predicted octanol–water partition coefficient (Wildman–Crippen LogP) is 3.29. The van der Waals surface area contributed by atoms with Crippen LogP contribution in [-0.2, 0) is 26.1 Å². The van der Waals surface area contributed by atoms with E-state index in [0.29, 0.717) is 41.0 Å². The van der Waals surface area contributed by atoms with E-state index in [4.69, 9.17) is 9.47 Å². The molecule has 0 radical (unpaired) electrons. The van der Waals surface area contributed by atoms with Crippen molar-refractivity contribution in [2.75, 3.05) is 27.3 Å². The fourth-order valence-corrected chi connectivity index (χ4v) is 7.22. The van der Waals surface area contributed by atoms with E-state index in [9.17, 15) is 18.0 Å². The zero-order valence-corrected chi connectivity index (χ0v) is 22.3. The van der Waals surface area contributed by atoms with Crippen molar-refractivity contribution in [3.8, 4) is 5.75 Å². The second-order valence-corrected chi connectivity index (χ2v) is 12.0. The number of esters is 1. The lowest BCUT2D eigenvalue weighted by Gasteiger charge is -2.34. The number of piperidine rings is 1. The number of carbonyl (C=O) groups excluding carboxylic acids is 2. The van der Waals surface area contributed by atoms with Gasteiger partial charge in [-0.25, -0.2) is 8.42 Å². The van der Waals surface area contributed by atoms with Crippen LogP contribution in [0, 0.1) is 11.8 Å². The first-order valence-electron chi connectivity index (χ1n) is 11.6. The third-order valence-electron chi connectivity index (χ3n) is 6.18. The van der Waals surface area contributed by atoms with Crippen molar-refractivity contribution in [1.82, 2.24) is 8.87 Å². The van der Waals surface area contributed by atoms with E-state index < -0.39 is 21.9 Å². The van der Waals surface area contributed by atoms with Crippen LogP contribution in [0.2, 0.25) is 0 Å². The minimum atomic E-state index is -3.65. The summed E-state index contributed by atoms with van der Waals surface area (Å²) in [6.45, 7) is 4.97. The van der Waals surface area contributed by atoms with Gasteiger partial charge in [-0.05, 0) is 60.7 Å². The Morgan fingerprint density at radius 2 is 1.72 bits per heavy atom. The Labute approximate surface area is 214 Å². The molecule has 2 aromatic carbocycles. The molecule has 1 aliphatic heterocycles. The highest BCUT2D eigenvalue weighted by atomic mass is 32.2. The largest absolute Gasteiger partial charge is 0.497 e. The number of benzene rings is 2.